The Labute approximate surface area is 116 Å². The number of fused-ring (bicyclic) bond motifs is 2. The van der Waals surface area contributed by atoms with Gasteiger partial charge in [0.2, 0.25) is 5.88 Å². The molecule has 0 spiro atoms. The number of anilines is 1. The molecule has 2 aliphatic rings. The van der Waals surface area contributed by atoms with E-state index in [0.29, 0.717) is 29.4 Å². The Kier molecular flexibility index (Phi) is 3.41. The fraction of sp³-hybridized carbons (Fsp3) is 0.692. The van der Waals surface area contributed by atoms with Gasteiger partial charge in [0, 0.05) is 16.9 Å². The number of nitrogens with zero attached hydrogens (tertiary/aromatic N) is 3. The van der Waals surface area contributed by atoms with Gasteiger partial charge in [-0.25, -0.2) is 0 Å². The van der Waals surface area contributed by atoms with Crippen LogP contribution in [0.3, 0.4) is 0 Å². The van der Waals surface area contributed by atoms with E-state index in [-0.39, 0.29) is 0 Å². The Morgan fingerprint density at radius 3 is 2.72 bits per heavy atom. The lowest BCUT2D eigenvalue weighted by atomic mass is 10.0. The van der Waals surface area contributed by atoms with E-state index in [0.717, 1.165) is 5.82 Å². The van der Waals surface area contributed by atoms with E-state index in [1.54, 1.807) is 6.20 Å². The molecular formula is C13H18BrN3O. The number of aromatic nitrogens is 2. The number of hydrogen-bond acceptors (Lipinski definition) is 4. The largest absolute Gasteiger partial charge is 0.477 e. The minimum absolute atomic E-state index is 0.610. The average Bonchev–Trinajstić information content (AvgIpc) is 2.63. The van der Waals surface area contributed by atoms with Crippen molar-refractivity contribution in [3.8, 4) is 5.88 Å². The fourth-order valence-electron chi connectivity index (χ4n) is 3.16. The Morgan fingerprint density at radius 1 is 1.33 bits per heavy atom. The maximum atomic E-state index is 5.44. The third kappa shape index (κ3) is 2.20. The van der Waals surface area contributed by atoms with Crippen molar-refractivity contribution in [1.29, 1.82) is 0 Å². The van der Waals surface area contributed by atoms with Gasteiger partial charge in [-0.3, -0.25) is 4.98 Å². The van der Waals surface area contributed by atoms with Crippen molar-refractivity contribution in [1.82, 2.24) is 9.97 Å². The maximum Gasteiger partial charge on any atom is 0.234 e. The molecule has 2 aliphatic heterocycles. The standard InChI is InChI=1S/C13H18BrN3O/c1-2-18-13-8-15-7-12(16-13)17-10-3-4-11(17)6-9(14)5-10/h7-11H,2-6H2,1H3. The highest BCUT2D eigenvalue weighted by molar-refractivity contribution is 9.09. The third-order valence-corrected chi connectivity index (χ3v) is 4.58. The van der Waals surface area contributed by atoms with Crippen LogP contribution in [0.25, 0.3) is 0 Å². The molecule has 5 heteroatoms. The first-order chi connectivity index (χ1) is 8.78. The molecule has 1 aromatic heterocycles. The highest BCUT2D eigenvalue weighted by Crippen LogP contribution is 2.40. The van der Waals surface area contributed by atoms with E-state index in [1.807, 2.05) is 13.1 Å². The van der Waals surface area contributed by atoms with Crippen LogP contribution in [0.4, 0.5) is 5.82 Å². The number of rotatable bonds is 3. The summed E-state index contributed by atoms with van der Waals surface area (Å²) in [7, 11) is 0. The minimum atomic E-state index is 0.610. The summed E-state index contributed by atoms with van der Waals surface area (Å²) in [6.07, 6.45) is 8.50. The molecular weight excluding hydrogens is 294 g/mol. The Bertz CT molecular complexity index is 414. The molecule has 18 heavy (non-hydrogen) atoms. The van der Waals surface area contributed by atoms with Gasteiger partial charge in [-0.2, -0.15) is 4.98 Å². The first-order valence-corrected chi connectivity index (χ1v) is 7.56. The van der Waals surface area contributed by atoms with Crippen LogP contribution < -0.4 is 9.64 Å². The lowest BCUT2D eigenvalue weighted by Gasteiger charge is -2.37. The molecule has 2 bridgehead atoms. The van der Waals surface area contributed by atoms with E-state index in [1.165, 1.54) is 25.7 Å². The van der Waals surface area contributed by atoms with Crippen LogP contribution in [0.15, 0.2) is 12.4 Å². The summed E-state index contributed by atoms with van der Waals surface area (Å²) < 4.78 is 5.44. The summed E-state index contributed by atoms with van der Waals surface area (Å²) >= 11 is 3.76. The zero-order valence-corrected chi connectivity index (χ0v) is 12.1. The van der Waals surface area contributed by atoms with Crippen LogP contribution in [-0.4, -0.2) is 33.5 Å². The minimum Gasteiger partial charge on any atom is -0.477 e. The SMILES string of the molecule is CCOc1cncc(N2C3CCC2CC(Br)C3)n1. The molecule has 0 N–H and O–H groups in total. The molecule has 2 saturated heterocycles. The van der Waals surface area contributed by atoms with E-state index in [9.17, 15) is 0 Å². The molecule has 0 amide bonds. The van der Waals surface area contributed by atoms with E-state index in [4.69, 9.17) is 4.74 Å². The predicted octanol–water partition coefficient (Wildman–Crippen LogP) is 2.77. The molecule has 1 aromatic rings. The van der Waals surface area contributed by atoms with Crippen LogP contribution in [0.1, 0.15) is 32.6 Å². The van der Waals surface area contributed by atoms with Gasteiger partial charge in [-0.1, -0.05) is 15.9 Å². The highest BCUT2D eigenvalue weighted by atomic mass is 79.9. The zero-order valence-electron chi connectivity index (χ0n) is 10.6. The maximum absolute atomic E-state index is 5.44. The molecule has 0 saturated carbocycles. The summed E-state index contributed by atoms with van der Waals surface area (Å²) in [4.78, 5) is 11.9. The molecule has 2 atom stereocenters. The molecule has 0 aliphatic carbocycles. The average molecular weight is 312 g/mol. The van der Waals surface area contributed by atoms with Crippen molar-refractivity contribution in [2.24, 2.45) is 0 Å². The molecule has 0 radical (unpaired) electrons. The summed E-state index contributed by atoms with van der Waals surface area (Å²) in [5.74, 6) is 1.61. The van der Waals surface area contributed by atoms with Gasteiger partial charge in [0.05, 0.1) is 19.0 Å². The molecule has 2 unspecified atom stereocenters. The Morgan fingerprint density at radius 2 is 2.06 bits per heavy atom. The number of ether oxygens (including phenoxy) is 1. The molecule has 2 fully saturated rings. The molecule has 4 nitrogen and oxygen atoms in total. The van der Waals surface area contributed by atoms with Gasteiger partial charge in [-0.05, 0) is 32.6 Å². The highest BCUT2D eigenvalue weighted by Gasteiger charge is 2.40. The lowest BCUT2D eigenvalue weighted by Crippen LogP contribution is -2.43. The van der Waals surface area contributed by atoms with Crippen LogP contribution in [0.5, 0.6) is 5.88 Å². The number of hydrogen-bond donors (Lipinski definition) is 0. The van der Waals surface area contributed by atoms with Gasteiger partial charge in [0.25, 0.3) is 0 Å². The summed E-state index contributed by atoms with van der Waals surface area (Å²) in [6, 6.07) is 1.22. The van der Waals surface area contributed by atoms with Crippen molar-refractivity contribution in [3.63, 3.8) is 0 Å². The van der Waals surface area contributed by atoms with E-state index >= 15 is 0 Å². The van der Waals surface area contributed by atoms with Crippen LogP contribution in [-0.2, 0) is 0 Å². The number of alkyl halides is 1. The van der Waals surface area contributed by atoms with Crippen LogP contribution >= 0.6 is 15.9 Å². The topological polar surface area (TPSA) is 38.2 Å². The van der Waals surface area contributed by atoms with E-state index in [2.05, 4.69) is 30.8 Å². The molecule has 0 aromatic carbocycles. The quantitative estimate of drug-likeness (QED) is 0.805. The van der Waals surface area contributed by atoms with Crippen LogP contribution in [0.2, 0.25) is 0 Å². The molecule has 3 heterocycles. The smallest absolute Gasteiger partial charge is 0.234 e. The first kappa shape index (κ1) is 12.2. The van der Waals surface area contributed by atoms with E-state index < -0.39 is 0 Å². The fourth-order valence-corrected chi connectivity index (χ4v) is 4.03. The third-order valence-electron chi connectivity index (χ3n) is 3.83. The van der Waals surface area contributed by atoms with Crippen molar-refractivity contribution < 1.29 is 4.74 Å². The summed E-state index contributed by atoms with van der Waals surface area (Å²) in [5, 5.41) is 0. The van der Waals surface area contributed by atoms with Gasteiger partial charge >= 0.3 is 0 Å². The van der Waals surface area contributed by atoms with Gasteiger partial charge < -0.3 is 9.64 Å². The Hall–Kier alpha value is -0.840. The van der Waals surface area contributed by atoms with Crippen molar-refractivity contribution >= 4 is 21.7 Å². The summed E-state index contributed by atoms with van der Waals surface area (Å²) in [5.41, 5.74) is 0. The molecule has 3 rings (SSSR count). The second-order valence-corrected chi connectivity index (χ2v) is 6.30. The zero-order chi connectivity index (χ0) is 12.5. The predicted molar refractivity (Wildman–Crippen MR) is 74.4 cm³/mol. The van der Waals surface area contributed by atoms with Crippen molar-refractivity contribution in [3.05, 3.63) is 12.4 Å². The number of piperidine rings is 1. The normalized spacial score (nSPS) is 30.6. The van der Waals surface area contributed by atoms with Crippen LogP contribution in [0, 0.1) is 0 Å². The second kappa shape index (κ2) is 5.03. The first-order valence-electron chi connectivity index (χ1n) is 6.65. The molecule has 98 valence electrons. The number of halogens is 1. The van der Waals surface area contributed by atoms with Gasteiger partial charge in [0.1, 0.15) is 0 Å². The van der Waals surface area contributed by atoms with Crippen molar-refractivity contribution in [2.45, 2.75) is 49.5 Å². The Balaban J connectivity index is 1.84. The van der Waals surface area contributed by atoms with Gasteiger partial charge in [0.15, 0.2) is 5.82 Å². The lowest BCUT2D eigenvalue weighted by molar-refractivity contribution is 0.324. The summed E-state index contributed by atoms with van der Waals surface area (Å²) in [6.45, 7) is 2.60. The van der Waals surface area contributed by atoms with Gasteiger partial charge in [-0.15, -0.1) is 0 Å². The second-order valence-electron chi connectivity index (χ2n) is 5.01. The van der Waals surface area contributed by atoms with Crippen molar-refractivity contribution in [2.75, 3.05) is 11.5 Å². The monoisotopic (exact) mass is 311 g/mol.